The van der Waals surface area contributed by atoms with Crippen molar-refractivity contribution in [2.75, 3.05) is 18.0 Å². The van der Waals surface area contributed by atoms with Crippen molar-refractivity contribution in [3.05, 3.63) is 36.5 Å². The summed E-state index contributed by atoms with van der Waals surface area (Å²) in [6.07, 6.45) is 2.88. The van der Waals surface area contributed by atoms with Gasteiger partial charge in [-0.15, -0.1) is 0 Å². The van der Waals surface area contributed by atoms with E-state index in [1.165, 1.54) is 17.0 Å². The number of anilines is 1. The lowest BCUT2D eigenvalue weighted by Gasteiger charge is -2.31. The molecule has 1 fully saturated rings. The van der Waals surface area contributed by atoms with Gasteiger partial charge >= 0.3 is 6.18 Å². The highest BCUT2D eigenvalue weighted by Crippen LogP contribution is 2.29. The minimum Gasteiger partial charge on any atom is -0.356 e. The molecular formula is C17H17F3N6. The smallest absolute Gasteiger partial charge is 0.356 e. The normalized spacial score (nSPS) is 18.5. The molecule has 1 atom stereocenters. The SMILES string of the molecule is CC1CCCN(c2ccnc(-c3cnc4cnc(C(F)(F)F)cn34)n2)C1. The van der Waals surface area contributed by atoms with Crippen LogP contribution in [0.1, 0.15) is 25.5 Å². The van der Waals surface area contributed by atoms with Crippen molar-refractivity contribution in [3.8, 4) is 11.5 Å². The molecule has 0 radical (unpaired) electrons. The van der Waals surface area contributed by atoms with Gasteiger partial charge in [-0.1, -0.05) is 6.92 Å². The van der Waals surface area contributed by atoms with E-state index in [9.17, 15) is 13.2 Å². The molecule has 9 heteroatoms. The van der Waals surface area contributed by atoms with Gasteiger partial charge in [0.2, 0.25) is 0 Å². The summed E-state index contributed by atoms with van der Waals surface area (Å²) in [7, 11) is 0. The second-order valence-corrected chi connectivity index (χ2v) is 6.57. The topological polar surface area (TPSA) is 59.2 Å². The standard InChI is InChI=1S/C17H17F3N6/c1-11-3-2-6-25(9-11)14-4-5-21-16(24-14)12-7-23-15-8-22-13(10-26(12)15)17(18,19)20/h4-5,7-8,10-11H,2-3,6,9H2,1H3. The Bertz CT molecular complexity index is 936. The van der Waals surface area contributed by atoms with Crippen molar-refractivity contribution in [2.45, 2.75) is 25.9 Å². The highest BCUT2D eigenvalue weighted by molar-refractivity contribution is 5.58. The number of aromatic nitrogens is 5. The maximum atomic E-state index is 13.0. The first-order valence-corrected chi connectivity index (χ1v) is 8.40. The van der Waals surface area contributed by atoms with E-state index < -0.39 is 11.9 Å². The minimum atomic E-state index is -4.53. The quantitative estimate of drug-likeness (QED) is 0.699. The van der Waals surface area contributed by atoms with E-state index in [0.717, 1.165) is 37.7 Å². The first-order chi connectivity index (χ1) is 12.4. The van der Waals surface area contributed by atoms with Crippen LogP contribution in [0, 0.1) is 5.92 Å². The molecule has 1 saturated heterocycles. The molecule has 26 heavy (non-hydrogen) atoms. The predicted molar refractivity (Wildman–Crippen MR) is 89.6 cm³/mol. The monoisotopic (exact) mass is 362 g/mol. The van der Waals surface area contributed by atoms with E-state index in [0.29, 0.717) is 23.1 Å². The van der Waals surface area contributed by atoms with Gasteiger partial charge < -0.3 is 4.90 Å². The number of imidazole rings is 1. The summed E-state index contributed by atoms with van der Waals surface area (Å²) in [4.78, 5) is 18.5. The Morgan fingerprint density at radius 2 is 2.00 bits per heavy atom. The van der Waals surface area contributed by atoms with Crippen LogP contribution >= 0.6 is 0 Å². The number of piperidine rings is 1. The summed E-state index contributed by atoms with van der Waals surface area (Å²) in [5.41, 5.74) is -0.265. The zero-order chi connectivity index (χ0) is 18.3. The van der Waals surface area contributed by atoms with Gasteiger partial charge in [0.05, 0.1) is 12.4 Å². The van der Waals surface area contributed by atoms with E-state index in [1.807, 2.05) is 6.07 Å². The van der Waals surface area contributed by atoms with Crippen LogP contribution in [-0.2, 0) is 6.18 Å². The van der Waals surface area contributed by atoms with Gasteiger partial charge in [0.15, 0.2) is 17.2 Å². The zero-order valence-electron chi connectivity index (χ0n) is 14.1. The maximum Gasteiger partial charge on any atom is 0.434 e. The van der Waals surface area contributed by atoms with Crippen molar-refractivity contribution in [1.82, 2.24) is 24.3 Å². The second kappa shape index (κ2) is 6.22. The van der Waals surface area contributed by atoms with Gasteiger partial charge in [0.25, 0.3) is 0 Å². The molecule has 0 amide bonds. The van der Waals surface area contributed by atoms with Gasteiger partial charge in [-0.2, -0.15) is 13.2 Å². The van der Waals surface area contributed by atoms with E-state index in [1.54, 1.807) is 6.20 Å². The largest absolute Gasteiger partial charge is 0.434 e. The average Bonchev–Trinajstić information content (AvgIpc) is 3.04. The van der Waals surface area contributed by atoms with Gasteiger partial charge in [-0.3, -0.25) is 4.40 Å². The predicted octanol–water partition coefficient (Wildman–Crippen LogP) is 3.44. The fraction of sp³-hybridized carbons (Fsp3) is 0.412. The molecule has 136 valence electrons. The molecule has 1 unspecified atom stereocenters. The molecule has 3 aromatic heterocycles. The Kier molecular flexibility index (Phi) is 4.01. The summed E-state index contributed by atoms with van der Waals surface area (Å²) in [6.45, 7) is 4.02. The Morgan fingerprint density at radius 3 is 2.77 bits per heavy atom. The van der Waals surface area contributed by atoms with E-state index in [4.69, 9.17) is 0 Å². The molecule has 0 saturated carbocycles. The molecular weight excluding hydrogens is 345 g/mol. The van der Waals surface area contributed by atoms with Crippen molar-refractivity contribution in [3.63, 3.8) is 0 Å². The Hall–Kier alpha value is -2.71. The first kappa shape index (κ1) is 16.7. The van der Waals surface area contributed by atoms with E-state index in [2.05, 4.69) is 31.8 Å². The van der Waals surface area contributed by atoms with Crippen molar-refractivity contribution < 1.29 is 13.2 Å². The fourth-order valence-corrected chi connectivity index (χ4v) is 3.25. The van der Waals surface area contributed by atoms with E-state index in [-0.39, 0.29) is 0 Å². The third-order valence-electron chi connectivity index (χ3n) is 4.54. The summed E-state index contributed by atoms with van der Waals surface area (Å²) in [5, 5.41) is 0. The van der Waals surface area contributed by atoms with Crippen molar-refractivity contribution in [2.24, 2.45) is 5.92 Å². The lowest BCUT2D eigenvalue weighted by molar-refractivity contribution is -0.141. The highest BCUT2D eigenvalue weighted by atomic mass is 19.4. The molecule has 4 rings (SSSR count). The summed E-state index contributed by atoms with van der Waals surface area (Å²) < 4.78 is 40.2. The summed E-state index contributed by atoms with van der Waals surface area (Å²) >= 11 is 0. The lowest BCUT2D eigenvalue weighted by atomic mass is 10.0. The van der Waals surface area contributed by atoms with Crippen LogP contribution in [0.2, 0.25) is 0 Å². The van der Waals surface area contributed by atoms with Crippen LogP contribution in [0.5, 0.6) is 0 Å². The Labute approximate surface area is 147 Å². The molecule has 1 aliphatic heterocycles. The highest BCUT2D eigenvalue weighted by Gasteiger charge is 2.33. The molecule has 0 bridgehead atoms. The van der Waals surface area contributed by atoms with Crippen LogP contribution in [0.4, 0.5) is 19.0 Å². The number of alkyl halides is 3. The van der Waals surface area contributed by atoms with Crippen LogP contribution in [-0.4, -0.2) is 37.4 Å². The number of fused-ring (bicyclic) bond motifs is 1. The van der Waals surface area contributed by atoms with Crippen molar-refractivity contribution >= 4 is 11.5 Å². The van der Waals surface area contributed by atoms with Crippen LogP contribution in [0.25, 0.3) is 17.2 Å². The van der Waals surface area contributed by atoms with Crippen LogP contribution < -0.4 is 4.90 Å². The number of hydrogen-bond acceptors (Lipinski definition) is 5. The zero-order valence-corrected chi connectivity index (χ0v) is 14.1. The molecule has 0 N–H and O–H groups in total. The maximum absolute atomic E-state index is 13.0. The van der Waals surface area contributed by atoms with Gasteiger partial charge in [0.1, 0.15) is 11.5 Å². The molecule has 1 aliphatic rings. The molecule has 3 aromatic rings. The number of halogens is 3. The van der Waals surface area contributed by atoms with Crippen LogP contribution in [0.3, 0.4) is 0 Å². The summed E-state index contributed by atoms with van der Waals surface area (Å²) in [6, 6.07) is 1.83. The molecule has 6 nitrogen and oxygen atoms in total. The third-order valence-corrected chi connectivity index (χ3v) is 4.54. The fourth-order valence-electron chi connectivity index (χ4n) is 3.25. The number of hydrogen-bond donors (Lipinski definition) is 0. The molecule has 0 aromatic carbocycles. The van der Waals surface area contributed by atoms with Crippen molar-refractivity contribution in [1.29, 1.82) is 0 Å². The van der Waals surface area contributed by atoms with Crippen LogP contribution in [0.15, 0.2) is 30.9 Å². The van der Waals surface area contributed by atoms with E-state index >= 15 is 0 Å². The minimum absolute atomic E-state index is 0.314. The second-order valence-electron chi connectivity index (χ2n) is 6.57. The molecule has 0 spiro atoms. The third kappa shape index (κ3) is 3.09. The molecule has 0 aliphatic carbocycles. The summed E-state index contributed by atoms with van der Waals surface area (Å²) in [5.74, 6) is 1.70. The lowest BCUT2D eigenvalue weighted by Crippen LogP contribution is -2.34. The Balaban J connectivity index is 1.74. The first-order valence-electron chi connectivity index (χ1n) is 8.40. The average molecular weight is 362 g/mol. The van der Waals surface area contributed by atoms with Gasteiger partial charge in [0, 0.05) is 25.5 Å². The number of nitrogens with zero attached hydrogens (tertiary/aromatic N) is 6. The molecule has 4 heterocycles. The Morgan fingerprint density at radius 1 is 1.15 bits per heavy atom. The van der Waals surface area contributed by atoms with Gasteiger partial charge in [-0.05, 0) is 24.8 Å². The van der Waals surface area contributed by atoms with Gasteiger partial charge in [-0.25, -0.2) is 19.9 Å². The number of rotatable bonds is 2.